The second kappa shape index (κ2) is 20.7. The van der Waals surface area contributed by atoms with Crippen LogP contribution in [0.25, 0.3) is 4.85 Å². The van der Waals surface area contributed by atoms with Crippen LogP contribution in [0.3, 0.4) is 0 Å². The Morgan fingerprint density at radius 2 is 1.26 bits per heavy atom. The summed E-state index contributed by atoms with van der Waals surface area (Å²) in [5.41, 5.74) is 4.49. The molecule has 1 aliphatic rings. The minimum Gasteiger partial charge on any atom is -0.478 e. The lowest BCUT2D eigenvalue weighted by Crippen LogP contribution is -2.06. The van der Waals surface area contributed by atoms with Crippen LogP contribution in [0.5, 0.6) is 0 Å². The Morgan fingerprint density at radius 1 is 0.783 bits per heavy atom. The number of aryl methyl sites for hydroxylation is 2. The molecule has 0 atom stereocenters. The number of benzene rings is 3. The van der Waals surface area contributed by atoms with Crippen molar-refractivity contribution in [3.05, 3.63) is 143 Å². The number of carboxylic acids is 1. The Hall–Kier alpha value is -4.33. The normalized spacial score (nSPS) is 10.3. The molecule has 0 saturated carbocycles. The second-order valence-electron chi connectivity index (χ2n) is 9.44. The van der Waals surface area contributed by atoms with Gasteiger partial charge in [-0.2, -0.15) is 4.85 Å². The van der Waals surface area contributed by atoms with E-state index in [1.54, 1.807) is 48.5 Å². The van der Waals surface area contributed by atoms with Gasteiger partial charge >= 0.3 is 11.9 Å². The van der Waals surface area contributed by atoms with Crippen LogP contribution in [0.1, 0.15) is 73.6 Å². The van der Waals surface area contributed by atoms with Crippen LogP contribution in [0.15, 0.2) is 98.5 Å². The number of hydrogen-bond acceptors (Lipinski definition) is 4. The molecule has 0 saturated heterocycles. The number of carboxylic acid groups (broad SMARTS) is 1. The highest BCUT2D eigenvalue weighted by atomic mass is 79.9. The molecule has 6 nitrogen and oxygen atoms in total. The SMILES string of the molecule is C#CCCCC#C.O=C(O)c1ccccc1Br.O=C(c1cc2c(cn1)CCC2)c1ccccc1Br.[C-]#[N+]C(=O)c1ccccc1Br. The fourth-order valence-electron chi connectivity index (χ4n) is 3.98. The molecule has 0 aliphatic heterocycles. The van der Waals surface area contributed by atoms with Crippen LogP contribution in [-0.4, -0.2) is 27.8 Å². The number of aromatic nitrogens is 1. The lowest BCUT2D eigenvalue weighted by atomic mass is 10.1. The van der Waals surface area contributed by atoms with E-state index in [-0.39, 0.29) is 5.78 Å². The fraction of sp³-hybridized carbons (Fsp3) is 0.162. The van der Waals surface area contributed by atoms with Gasteiger partial charge in [0.15, 0.2) is 0 Å². The monoisotopic (exact) mass is 802 g/mol. The fourth-order valence-corrected chi connectivity index (χ4v) is 5.36. The maximum absolute atomic E-state index is 12.4. The van der Waals surface area contributed by atoms with E-state index >= 15 is 0 Å². The number of ketones is 1. The molecular formula is C37H29Br3N2O4. The molecule has 3 aromatic carbocycles. The van der Waals surface area contributed by atoms with Crippen molar-refractivity contribution in [2.24, 2.45) is 0 Å². The van der Waals surface area contributed by atoms with Crippen molar-refractivity contribution in [2.75, 3.05) is 0 Å². The third kappa shape index (κ3) is 12.2. The Bertz CT molecular complexity index is 1790. The lowest BCUT2D eigenvalue weighted by Gasteiger charge is -2.05. The van der Waals surface area contributed by atoms with E-state index < -0.39 is 11.9 Å². The second-order valence-corrected chi connectivity index (χ2v) is 12.0. The average molecular weight is 805 g/mol. The molecule has 0 spiro atoms. The zero-order chi connectivity index (χ0) is 33.9. The van der Waals surface area contributed by atoms with Crippen LogP contribution in [0, 0.1) is 31.3 Å². The highest BCUT2D eigenvalue weighted by Crippen LogP contribution is 2.24. The van der Waals surface area contributed by atoms with Gasteiger partial charge < -0.3 is 9.90 Å². The summed E-state index contributed by atoms with van der Waals surface area (Å²) >= 11 is 9.70. The highest BCUT2D eigenvalue weighted by Gasteiger charge is 2.17. The highest BCUT2D eigenvalue weighted by molar-refractivity contribution is 9.11. The van der Waals surface area contributed by atoms with Crippen molar-refractivity contribution < 1.29 is 19.5 Å². The van der Waals surface area contributed by atoms with E-state index in [2.05, 4.69) is 69.5 Å². The number of rotatable bonds is 6. The van der Waals surface area contributed by atoms with E-state index in [1.165, 1.54) is 17.5 Å². The standard InChI is InChI=1S/C15H12BrNO.C8H4BrNO.C7H5BrO2.C7H8/c16-13-7-2-1-6-12(13)15(18)14-8-10-4-3-5-11(10)9-17-14;1-10-8(11)6-4-2-3-5-7(6)9;8-6-4-2-1-3-5(6)7(9)10;1-3-5-7-6-4-2/h1-2,6-9H,3-5H2;2-5H;1-4H,(H,9,10);1-2H,5-7H2. The van der Waals surface area contributed by atoms with Crippen molar-refractivity contribution in [1.29, 1.82) is 0 Å². The molecule has 1 amide bonds. The van der Waals surface area contributed by atoms with E-state index in [4.69, 9.17) is 24.5 Å². The number of carbonyl (C=O) groups is 3. The summed E-state index contributed by atoms with van der Waals surface area (Å²) in [6.45, 7) is 6.50. The molecule has 5 rings (SSSR count). The minimum atomic E-state index is -0.910. The maximum Gasteiger partial charge on any atom is 0.387 e. The number of nitrogens with zero attached hydrogens (tertiary/aromatic N) is 2. The van der Waals surface area contributed by atoms with Crippen molar-refractivity contribution >= 4 is 65.4 Å². The molecule has 1 heterocycles. The molecule has 0 unspecified atom stereocenters. The third-order valence-electron chi connectivity index (χ3n) is 6.28. The average Bonchev–Trinajstić information content (AvgIpc) is 3.54. The van der Waals surface area contributed by atoms with Gasteiger partial charge in [-0.05, 0) is 89.1 Å². The van der Waals surface area contributed by atoms with Gasteiger partial charge in [0.25, 0.3) is 0 Å². The van der Waals surface area contributed by atoms with Gasteiger partial charge in [-0.25, -0.2) is 4.79 Å². The molecular weight excluding hydrogens is 776 g/mol. The van der Waals surface area contributed by atoms with Gasteiger partial charge in [0.1, 0.15) is 5.69 Å². The van der Waals surface area contributed by atoms with Crippen molar-refractivity contribution in [1.82, 2.24) is 4.98 Å². The van der Waals surface area contributed by atoms with Gasteiger partial charge in [-0.3, -0.25) is 9.78 Å². The van der Waals surface area contributed by atoms with Gasteiger partial charge in [0.05, 0.1) is 12.1 Å². The minimum absolute atomic E-state index is 0.0165. The van der Waals surface area contributed by atoms with E-state index in [0.717, 1.165) is 36.6 Å². The van der Waals surface area contributed by atoms with Crippen LogP contribution < -0.4 is 0 Å². The van der Waals surface area contributed by atoms with Gasteiger partial charge in [0, 0.05) is 43.6 Å². The van der Waals surface area contributed by atoms with Gasteiger partial charge in [-0.1, -0.05) is 74.3 Å². The lowest BCUT2D eigenvalue weighted by molar-refractivity contribution is 0.0695. The molecule has 0 fully saturated rings. The van der Waals surface area contributed by atoms with Crippen molar-refractivity contribution in [3.63, 3.8) is 0 Å². The number of terminal acetylenes is 2. The first-order valence-corrected chi connectivity index (χ1v) is 16.3. The Kier molecular flexibility index (Phi) is 17.0. The van der Waals surface area contributed by atoms with Crippen molar-refractivity contribution in [2.45, 2.75) is 38.5 Å². The number of carbonyl (C=O) groups excluding carboxylic acids is 2. The van der Waals surface area contributed by atoms with Crippen LogP contribution in [0.4, 0.5) is 0 Å². The van der Waals surface area contributed by atoms with E-state index in [9.17, 15) is 14.4 Å². The summed E-state index contributed by atoms with van der Waals surface area (Å²) in [4.78, 5) is 40.7. The number of aromatic carboxylic acids is 1. The van der Waals surface area contributed by atoms with Gasteiger partial charge in [-0.15, -0.1) is 24.7 Å². The predicted molar refractivity (Wildman–Crippen MR) is 192 cm³/mol. The Balaban J connectivity index is 0.000000229. The summed E-state index contributed by atoms with van der Waals surface area (Å²) in [6.07, 6.45) is 17.7. The topological polar surface area (TPSA) is 88.7 Å². The third-order valence-corrected chi connectivity index (χ3v) is 8.35. The first-order chi connectivity index (χ1) is 22.1. The summed E-state index contributed by atoms with van der Waals surface area (Å²) in [6, 6.07) is 23.0. The zero-order valence-corrected chi connectivity index (χ0v) is 29.4. The molecule has 9 heteroatoms. The molecule has 0 bridgehead atoms. The molecule has 4 aromatic rings. The number of fused-ring (bicyclic) bond motifs is 1. The predicted octanol–water partition coefficient (Wildman–Crippen LogP) is 9.64. The molecule has 0 radical (unpaired) electrons. The Labute approximate surface area is 294 Å². The number of hydrogen-bond donors (Lipinski definition) is 1. The molecule has 1 aromatic heterocycles. The number of halogens is 3. The molecule has 232 valence electrons. The first-order valence-electron chi connectivity index (χ1n) is 13.9. The van der Waals surface area contributed by atoms with Crippen LogP contribution >= 0.6 is 47.8 Å². The van der Waals surface area contributed by atoms with Crippen LogP contribution in [0.2, 0.25) is 0 Å². The first kappa shape index (κ1) is 37.9. The zero-order valence-electron chi connectivity index (χ0n) is 24.7. The maximum atomic E-state index is 12.4. The summed E-state index contributed by atoms with van der Waals surface area (Å²) in [5, 5.41) is 8.54. The number of unbranched alkanes of at least 4 members (excludes halogenated alkanes) is 2. The van der Waals surface area contributed by atoms with Crippen LogP contribution in [-0.2, 0) is 12.8 Å². The smallest absolute Gasteiger partial charge is 0.387 e. The summed E-state index contributed by atoms with van der Waals surface area (Å²) in [5.74, 6) is 3.56. The van der Waals surface area contributed by atoms with Gasteiger partial charge in [0.2, 0.25) is 5.78 Å². The largest absolute Gasteiger partial charge is 0.478 e. The molecule has 1 N–H and O–H groups in total. The number of pyridine rings is 1. The van der Waals surface area contributed by atoms with E-state index in [0.29, 0.717) is 31.3 Å². The van der Waals surface area contributed by atoms with Crippen molar-refractivity contribution in [3.8, 4) is 24.7 Å². The molecule has 1 aliphatic carbocycles. The molecule has 46 heavy (non-hydrogen) atoms. The summed E-state index contributed by atoms with van der Waals surface area (Å²) in [7, 11) is 0. The number of amides is 1. The quantitative estimate of drug-likeness (QED) is 0.0908. The van der Waals surface area contributed by atoms with E-state index in [1.807, 2.05) is 36.5 Å². The Morgan fingerprint density at radius 3 is 1.72 bits per heavy atom. The summed E-state index contributed by atoms with van der Waals surface area (Å²) < 4.78 is 2.10.